The van der Waals surface area contributed by atoms with Gasteiger partial charge in [-0.05, 0) is 44.1 Å². The second-order valence-corrected chi connectivity index (χ2v) is 7.23. The predicted molar refractivity (Wildman–Crippen MR) is 87.1 cm³/mol. The molecule has 20 heavy (non-hydrogen) atoms. The van der Waals surface area contributed by atoms with E-state index in [0.29, 0.717) is 24.1 Å². The lowest BCUT2D eigenvalue weighted by Gasteiger charge is -2.37. The molecule has 0 spiro atoms. The molecule has 2 N–H and O–H groups in total. The molecule has 1 fully saturated rings. The van der Waals surface area contributed by atoms with E-state index in [1.165, 1.54) is 38.8 Å². The van der Waals surface area contributed by atoms with Gasteiger partial charge in [-0.3, -0.25) is 4.90 Å². The van der Waals surface area contributed by atoms with E-state index in [1.54, 1.807) is 0 Å². The number of aliphatic hydroxyl groups is 1. The maximum Gasteiger partial charge on any atom is 0.0431 e. The van der Waals surface area contributed by atoms with Gasteiger partial charge in [0.25, 0.3) is 0 Å². The molecule has 1 aliphatic rings. The first kappa shape index (κ1) is 17.9. The smallest absolute Gasteiger partial charge is 0.0431 e. The van der Waals surface area contributed by atoms with Gasteiger partial charge in [-0.25, -0.2) is 0 Å². The SMILES string of the molecule is CCCC(C)(CNC(C)C)CN1CCCC1CCCO. The number of rotatable bonds is 10. The van der Waals surface area contributed by atoms with Crippen molar-refractivity contribution in [3.63, 3.8) is 0 Å². The van der Waals surface area contributed by atoms with E-state index in [-0.39, 0.29) is 0 Å². The predicted octanol–water partition coefficient (Wildman–Crippen LogP) is 3.03. The molecule has 1 rings (SSSR count). The monoisotopic (exact) mass is 284 g/mol. The Bertz CT molecular complexity index is 257. The van der Waals surface area contributed by atoms with E-state index in [1.807, 2.05) is 0 Å². The van der Waals surface area contributed by atoms with Crippen LogP contribution in [0.2, 0.25) is 0 Å². The number of likely N-dealkylation sites (tertiary alicyclic amines) is 1. The Hall–Kier alpha value is -0.120. The molecule has 0 radical (unpaired) electrons. The first-order chi connectivity index (χ1) is 9.50. The van der Waals surface area contributed by atoms with Crippen LogP contribution in [-0.4, -0.2) is 48.3 Å². The zero-order valence-electron chi connectivity index (χ0n) is 14.1. The summed E-state index contributed by atoms with van der Waals surface area (Å²) < 4.78 is 0. The van der Waals surface area contributed by atoms with Crippen molar-refractivity contribution >= 4 is 0 Å². The van der Waals surface area contributed by atoms with E-state index in [4.69, 9.17) is 5.11 Å². The van der Waals surface area contributed by atoms with Crippen molar-refractivity contribution in [3.05, 3.63) is 0 Å². The summed E-state index contributed by atoms with van der Waals surface area (Å²) in [5, 5.41) is 12.7. The molecule has 0 bridgehead atoms. The van der Waals surface area contributed by atoms with Crippen molar-refractivity contribution in [1.29, 1.82) is 0 Å². The minimum absolute atomic E-state index is 0.339. The maximum atomic E-state index is 9.05. The van der Waals surface area contributed by atoms with Crippen LogP contribution in [0, 0.1) is 5.41 Å². The molecule has 3 heteroatoms. The van der Waals surface area contributed by atoms with E-state index >= 15 is 0 Å². The zero-order chi connectivity index (χ0) is 15.0. The molecular formula is C17H36N2O. The van der Waals surface area contributed by atoms with Gasteiger partial charge < -0.3 is 10.4 Å². The highest BCUT2D eigenvalue weighted by molar-refractivity contribution is 4.87. The molecule has 1 heterocycles. The summed E-state index contributed by atoms with van der Waals surface area (Å²) in [5.74, 6) is 0. The Morgan fingerprint density at radius 1 is 1.40 bits per heavy atom. The average molecular weight is 284 g/mol. The van der Waals surface area contributed by atoms with Crippen molar-refractivity contribution in [3.8, 4) is 0 Å². The van der Waals surface area contributed by atoms with E-state index in [0.717, 1.165) is 19.4 Å². The van der Waals surface area contributed by atoms with Crippen LogP contribution < -0.4 is 5.32 Å². The standard InChI is InChI=1S/C17H36N2O/c1-5-10-17(4,13-18-15(2)3)14-19-11-6-8-16(19)9-7-12-20/h15-16,18,20H,5-14H2,1-4H3. The van der Waals surface area contributed by atoms with Gasteiger partial charge in [0.1, 0.15) is 0 Å². The molecule has 0 saturated carbocycles. The Labute approximate surface area is 126 Å². The lowest BCUT2D eigenvalue weighted by atomic mass is 9.84. The Morgan fingerprint density at radius 2 is 2.15 bits per heavy atom. The molecule has 1 saturated heterocycles. The summed E-state index contributed by atoms with van der Waals surface area (Å²) >= 11 is 0. The number of nitrogens with zero attached hydrogens (tertiary/aromatic N) is 1. The largest absolute Gasteiger partial charge is 0.396 e. The third-order valence-electron chi connectivity index (χ3n) is 4.57. The summed E-state index contributed by atoms with van der Waals surface area (Å²) in [6.07, 6.45) is 7.31. The van der Waals surface area contributed by atoms with Gasteiger partial charge in [-0.2, -0.15) is 0 Å². The zero-order valence-corrected chi connectivity index (χ0v) is 14.1. The Morgan fingerprint density at radius 3 is 2.75 bits per heavy atom. The molecule has 0 aromatic rings. The molecule has 0 amide bonds. The minimum atomic E-state index is 0.339. The summed E-state index contributed by atoms with van der Waals surface area (Å²) in [4.78, 5) is 2.69. The fraction of sp³-hybridized carbons (Fsp3) is 1.00. The van der Waals surface area contributed by atoms with Gasteiger partial charge >= 0.3 is 0 Å². The topological polar surface area (TPSA) is 35.5 Å². The summed E-state index contributed by atoms with van der Waals surface area (Å²) in [6.45, 7) is 13.1. The highest BCUT2D eigenvalue weighted by Gasteiger charge is 2.32. The second kappa shape index (κ2) is 9.01. The fourth-order valence-corrected chi connectivity index (χ4v) is 3.52. The molecule has 0 aliphatic carbocycles. The highest BCUT2D eigenvalue weighted by atomic mass is 16.2. The number of hydrogen-bond acceptors (Lipinski definition) is 3. The van der Waals surface area contributed by atoms with Crippen molar-refractivity contribution in [2.75, 3.05) is 26.2 Å². The first-order valence-corrected chi connectivity index (χ1v) is 8.59. The van der Waals surface area contributed by atoms with Gasteiger partial charge in [0.15, 0.2) is 0 Å². The normalized spacial score (nSPS) is 23.4. The van der Waals surface area contributed by atoms with Crippen LogP contribution in [0.25, 0.3) is 0 Å². The van der Waals surface area contributed by atoms with E-state index in [9.17, 15) is 0 Å². The Balaban J connectivity index is 2.54. The molecule has 120 valence electrons. The van der Waals surface area contributed by atoms with Crippen LogP contribution in [0.5, 0.6) is 0 Å². The summed E-state index contributed by atoms with van der Waals surface area (Å²) in [6, 6.07) is 1.27. The summed E-state index contributed by atoms with van der Waals surface area (Å²) in [7, 11) is 0. The highest BCUT2D eigenvalue weighted by Crippen LogP contribution is 2.30. The summed E-state index contributed by atoms with van der Waals surface area (Å²) in [5.41, 5.74) is 0.376. The van der Waals surface area contributed by atoms with Crippen molar-refractivity contribution in [2.45, 2.75) is 78.3 Å². The van der Waals surface area contributed by atoms with Gasteiger partial charge in [0.05, 0.1) is 0 Å². The average Bonchev–Trinajstić information content (AvgIpc) is 2.81. The minimum Gasteiger partial charge on any atom is -0.396 e. The van der Waals surface area contributed by atoms with Gasteiger partial charge in [-0.15, -0.1) is 0 Å². The lowest BCUT2D eigenvalue weighted by molar-refractivity contribution is 0.128. The van der Waals surface area contributed by atoms with Gasteiger partial charge in [-0.1, -0.05) is 34.1 Å². The second-order valence-electron chi connectivity index (χ2n) is 7.23. The molecule has 1 aliphatic heterocycles. The molecule has 2 unspecified atom stereocenters. The van der Waals surface area contributed by atoms with Crippen LogP contribution in [-0.2, 0) is 0 Å². The number of aliphatic hydroxyl groups excluding tert-OH is 1. The third kappa shape index (κ3) is 6.11. The molecule has 3 nitrogen and oxygen atoms in total. The quantitative estimate of drug-likeness (QED) is 0.647. The van der Waals surface area contributed by atoms with Gasteiger partial charge in [0, 0.05) is 31.8 Å². The van der Waals surface area contributed by atoms with Crippen LogP contribution in [0.15, 0.2) is 0 Å². The third-order valence-corrected chi connectivity index (χ3v) is 4.57. The van der Waals surface area contributed by atoms with Crippen LogP contribution in [0.1, 0.15) is 66.2 Å². The molecule has 0 aromatic heterocycles. The van der Waals surface area contributed by atoms with Crippen molar-refractivity contribution in [1.82, 2.24) is 10.2 Å². The lowest BCUT2D eigenvalue weighted by Crippen LogP contribution is -2.45. The van der Waals surface area contributed by atoms with Crippen LogP contribution in [0.4, 0.5) is 0 Å². The first-order valence-electron chi connectivity index (χ1n) is 8.59. The molecule has 2 atom stereocenters. The fourth-order valence-electron chi connectivity index (χ4n) is 3.52. The van der Waals surface area contributed by atoms with Crippen LogP contribution >= 0.6 is 0 Å². The van der Waals surface area contributed by atoms with Crippen molar-refractivity contribution < 1.29 is 5.11 Å². The molecular weight excluding hydrogens is 248 g/mol. The van der Waals surface area contributed by atoms with E-state index < -0.39 is 0 Å². The van der Waals surface area contributed by atoms with Gasteiger partial charge in [0.2, 0.25) is 0 Å². The van der Waals surface area contributed by atoms with Crippen molar-refractivity contribution in [2.24, 2.45) is 5.41 Å². The number of nitrogens with one attached hydrogen (secondary N) is 1. The Kier molecular flexibility index (Phi) is 8.08. The van der Waals surface area contributed by atoms with Crippen LogP contribution in [0.3, 0.4) is 0 Å². The maximum absolute atomic E-state index is 9.05. The molecule has 0 aromatic carbocycles. The van der Waals surface area contributed by atoms with E-state index in [2.05, 4.69) is 37.9 Å². The number of hydrogen-bond donors (Lipinski definition) is 2.